The maximum absolute atomic E-state index is 12.1. The molecule has 25 heavy (non-hydrogen) atoms. The highest BCUT2D eigenvalue weighted by Crippen LogP contribution is 2.38. The van der Waals surface area contributed by atoms with Crippen LogP contribution < -0.4 is 15.8 Å². The van der Waals surface area contributed by atoms with Gasteiger partial charge < -0.3 is 20.9 Å². The van der Waals surface area contributed by atoms with Crippen molar-refractivity contribution in [1.82, 2.24) is 0 Å². The first-order chi connectivity index (χ1) is 12.1. The number of aliphatic hydroxyl groups excluding tert-OH is 1. The highest BCUT2D eigenvalue weighted by Gasteiger charge is 2.24. The van der Waals surface area contributed by atoms with Crippen molar-refractivity contribution in [3.63, 3.8) is 0 Å². The Hall–Kier alpha value is -2.53. The van der Waals surface area contributed by atoms with Crippen molar-refractivity contribution in [1.29, 1.82) is 0 Å². The van der Waals surface area contributed by atoms with E-state index in [1.165, 1.54) is 0 Å². The number of anilines is 1. The van der Waals surface area contributed by atoms with E-state index in [1.54, 1.807) is 7.11 Å². The van der Waals surface area contributed by atoms with E-state index in [4.69, 9.17) is 10.5 Å². The molecular weight excluding hydrogens is 316 g/mol. The van der Waals surface area contributed by atoms with Gasteiger partial charge in [0, 0.05) is 11.6 Å². The number of hydrogen-bond donors (Lipinski definition) is 3. The van der Waals surface area contributed by atoms with Crippen molar-refractivity contribution in [3.05, 3.63) is 48.0 Å². The lowest BCUT2D eigenvalue weighted by molar-refractivity contribution is 0.0997. The van der Waals surface area contributed by atoms with E-state index in [2.05, 4.69) is 5.32 Å². The second-order valence-electron chi connectivity index (χ2n) is 6.45. The zero-order chi connectivity index (χ0) is 17.8. The third-order valence-corrected chi connectivity index (χ3v) is 4.75. The van der Waals surface area contributed by atoms with Crippen LogP contribution >= 0.6 is 0 Å². The molecule has 1 amide bonds. The number of hydrogen-bond acceptors (Lipinski definition) is 4. The molecule has 0 radical (unpaired) electrons. The highest BCUT2D eigenvalue weighted by molar-refractivity contribution is 6.03. The number of methoxy groups -OCH3 is 1. The molecule has 1 saturated carbocycles. The molecule has 0 bridgehead atoms. The van der Waals surface area contributed by atoms with Gasteiger partial charge >= 0.3 is 0 Å². The van der Waals surface area contributed by atoms with E-state index >= 15 is 0 Å². The number of nitrogens with one attached hydrogen (secondary N) is 1. The molecule has 1 aliphatic rings. The third kappa shape index (κ3) is 3.77. The van der Waals surface area contributed by atoms with Gasteiger partial charge in [-0.3, -0.25) is 4.79 Å². The van der Waals surface area contributed by atoms with Gasteiger partial charge in [0.15, 0.2) is 0 Å². The number of amides is 1. The molecule has 2 aromatic carbocycles. The van der Waals surface area contributed by atoms with Crippen LogP contribution in [0, 0.1) is 0 Å². The zero-order valence-corrected chi connectivity index (χ0v) is 14.4. The molecule has 0 spiro atoms. The molecule has 0 unspecified atom stereocenters. The number of nitrogens with two attached hydrogens (primary N) is 1. The summed E-state index contributed by atoms with van der Waals surface area (Å²) in [5.74, 6) is -0.0347. The first-order valence-corrected chi connectivity index (χ1v) is 8.61. The van der Waals surface area contributed by atoms with Gasteiger partial charge in [0.1, 0.15) is 11.3 Å². The quantitative estimate of drug-likeness (QED) is 0.780. The number of carbonyl (C=O) groups is 1. The van der Waals surface area contributed by atoms with E-state index in [9.17, 15) is 9.90 Å². The summed E-state index contributed by atoms with van der Waals surface area (Å²) in [6.45, 7) is 0. The van der Waals surface area contributed by atoms with E-state index in [0.29, 0.717) is 17.0 Å². The van der Waals surface area contributed by atoms with Gasteiger partial charge in [-0.25, -0.2) is 0 Å². The van der Waals surface area contributed by atoms with Gasteiger partial charge in [0.2, 0.25) is 0 Å². The molecule has 0 atom stereocenters. The Morgan fingerprint density at radius 2 is 1.80 bits per heavy atom. The standard InChI is InChI=1S/C20H24N2O3/c1-25-19-16(13-5-3-2-4-6-13)11-12-17(18(19)20(21)24)22-14-7-9-15(23)10-8-14/h2-6,11-12,14-15,22-23H,7-10H2,1H3,(H2,21,24). The Morgan fingerprint density at radius 3 is 2.40 bits per heavy atom. The number of benzene rings is 2. The summed E-state index contributed by atoms with van der Waals surface area (Å²) in [6.07, 6.45) is 3.04. The molecule has 5 nitrogen and oxygen atoms in total. The molecular formula is C20H24N2O3. The SMILES string of the molecule is COc1c(-c2ccccc2)ccc(NC2CCC(O)CC2)c1C(N)=O. The van der Waals surface area contributed by atoms with Crippen LogP contribution in [0.25, 0.3) is 11.1 Å². The van der Waals surface area contributed by atoms with Crippen molar-refractivity contribution in [2.24, 2.45) is 5.73 Å². The number of aliphatic hydroxyl groups is 1. The van der Waals surface area contributed by atoms with Gasteiger partial charge in [0.05, 0.1) is 18.9 Å². The van der Waals surface area contributed by atoms with E-state index < -0.39 is 5.91 Å². The summed E-state index contributed by atoms with van der Waals surface area (Å²) in [5.41, 5.74) is 8.52. The van der Waals surface area contributed by atoms with Crippen LogP contribution in [0.2, 0.25) is 0 Å². The predicted octanol–water partition coefficient (Wildman–Crippen LogP) is 3.18. The largest absolute Gasteiger partial charge is 0.495 e. The molecule has 132 valence electrons. The van der Waals surface area contributed by atoms with Crippen molar-refractivity contribution in [3.8, 4) is 16.9 Å². The van der Waals surface area contributed by atoms with Crippen molar-refractivity contribution < 1.29 is 14.6 Å². The Bertz CT molecular complexity index is 738. The minimum Gasteiger partial charge on any atom is -0.495 e. The maximum atomic E-state index is 12.1. The van der Waals surface area contributed by atoms with Crippen LogP contribution in [0.1, 0.15) is 36.0 Å². The molecule has 0 aliphatic heterocycles. The van der Waals surface area contributed by atoms with Gasteiger partial charge in [-0.05, 0) is 43.4 Å². The summed E-state index contributed by atoms with van der Waals surface area (Å²) in [4.78, 5) is 12.1. The van der Waals surface area contributed by atoms with Crippen LogP contribution in [0.15, 0.2) is 42.5 Å². The van der Waals surface area contributed by atoms with Crippen molar-refractivity contribution in [2.75, 3.05) is 12.4 Å². The van der Waals surface area contributed by atoms with Crippen LogP contribution in [0.5, 0.6) is 5.75 Å². The lowest BCUT2D eigenvalue weighted by Gasteiger charge is -2.28. The molecule has 1 aliphatic carbocycles. The maximum Gasteiger partial charge on any atom is 0.254 e. The molecule has 0 saturated heterocycles. The van der Waals surface area contributed by atoms with Crippen LogP contribution in [0.4, 0.5) is 5.69 Å². The Balaban J connectivity index is 1.98. The summed E-state index contributed by atoms with van der Waals surface area (Å²) >= 11 is 0. The Labute approximate surface area is 147 Å². The number of carbonyl (C=O) groups excluding carboxylic acids is 1. The normalized spacial score (nSPS) is 20.1. The molecule has 2 aromatic rings. The Kier molecular flexibility index (Phi) is 5.24. The molecule has 0 aromatic heterocycles. The fraction of sp³-hybridized carbons (Fsp3) is 0.350. The lowest BCUT2D eigenvalue weighted by Crippen LogP contribution is -2.29. The minimum atomic E-state index is -0.520. The lowest BCUT2D eigenvalue weighted by atomic mass is 9.92. The molecule has 5 heteroatoms. The second-order valence-corrected chi connectivity index (χ2v) is 6.45. The Morgan fingerprint density at radius 1 is 1.12 bits per heavy atom. The topological polar surface area (TPSA) is 84.6 Å². The van der Waals surface area contributed by atoms with Gasteiger partial charge in [-0.1, -0.05) is 30.3 Å². The van der Waals surface area contributed by atoms with Crippen LogP contribution in [-0.4, -0.2) is 30.3 Å². The van der Waals surface area contributed by atoms with Crippen molar-refractivity contribution in [2.45, 2.75) is 37.8 Å². The fourth-order valence-electron chi connectivity index (χ4n) is 3.44. The third-order valence-electron chi connectivity index (χ3n) is 4.75. The average molecular weight is 340 g/mol. The van der Waals surface area contributed by atoms with Gasteiger partial charge in [-0.2, -0.15) is 0 Å². The molecule has 1 fully saturated rings. The van der Waals surface area contributed by atoms with Crippen LogP contribution in [0.3, 0.4) is 0 Å². The zero-order valence-electron chi connectivity index (χ0n) is 14.4. The monoisotopic (exact) mass is 340 g/mol. The number of ether oxygens (including phenoxy) is 1. The average Bonchev–Trinajstić information content (AvgIpc) is 2.63. The van der Waals surface area contributed by atoms with Crippen LogP contribution in [-0.2, 0) is 0 Å². The van der Waals surface area contributed by atoms with E-state index in [1.807, 2.05) is 42.5 Å². The summed E-state index contributed by atoms with van der Waals surface area (Å²) in [7, 11) is 1.55. The fourth-order valence-corrected chi connectivity index (χ4v) is 3.44. The molecule has 3 rings (SSSR count). The predicted molar refractivity (Wildman–Crippen MR) is 98.8 cm³/mol. The first-order valence-electron chi connectivity index (χ1n) is 8.61. The number of rotatable bonds is 5. The van der Waals surface area contributed by atoms with Crippen molar-refractivity contribution >= 4 is 11.6 Å². The van der Waals surface area contributed by atoms with E-state index in [0.717, 1.165) is 36.8 Å². The van der Waals surface area contributed by atoms with E-state index in [-0.39, 0.29) is 12.1 Å². The second kappa shape index (κ2) is 7.57. The van der Waals surface area contributed by atoms with Gasteiger partial charge in [-0.15, -0.1) is 0 Å². The first kappa shape index (κ1) is 17.3. The summed E-state index contributed by atoms with van der Waals surface area (Å²) < 4.78 is 5.56. The summed E-state index contributed by atoms with van der Waals surface area (Å²) in [5, 5.41) is 13.1. The number of primary amides is 1. The highest BCUT2D eigenvalue weighted by atomic mass is 16.5. The molecule has 0 heterocycles. The van der Waals surface area contributed by atoms with Gasteiger partial charge in [0.25, 0.3) is 5.91 Å². The summed E-state index contributed by atoms with van der Waals surface area (Å²) in [6, 6.07) is 13.8. The molecule has 4 N–H and O–H groups in total. The minimum absolute atomic E-state index is 0.216. The smallest absolute Gasteiger partial charge is 0.254 e.